The first kappa shape index (κ1) is 29.5. The quantitative estimate of drug-likeness (QED) is 0.180. The number of anilines is 1. The smallest absolute Gasteiger partial charge is 0.388 e. The van der Waals surface area contributed by atoms with Crippen molar-refractivity contribution in [2.75, 3.05) is 31.2 Å². The van der Waals surface area contributed by atoms with Crippen molar-refractivity contribution in [1.29, 1.82) is 0 Å². The fourth-order valence-electron chi connectivity index (χ4n) is 4.46. The van der Waals surface area contributed by atoms with E-state index in [-0.39, 0.29) is 77.2 Å². The summed E-state index contributed by atoms with van der Waals surface area (Å²) in [5.74, 6) is -1.05. The first-order chi connectivity index (χ1) is 19.9. The molecule has 0 unspecified atom stereocenters. The summed E-state index contributed by atoms with van der Waals surface area (Å²) in [6.45, 7) is -0.475. The molecule has 10 nitrogen and oxygen atoms in total. The Morgan fingerprint density at radius 1 is 1.05 bits per heavy atom. The average Bonchev–Trinajstić information content (AvgIpc) is 3.57. The number of halogens is 7. The molecule has 5 rings (SSSR count). The number of carbonyl (C=O) groups excluding carboxylic acids is 1. The summed E-state index contributed by atoms with van der Waals surface area (Å²) < 4.78 is 92.4. The van der Waals surface area contributed by atoms with Crippen LogP contribution >= 0.6 is 11.6 Å². The van der Waals surface area contributed by atoms with Gasteiger partial charge in [-0.05, 0) is 35.9 Å². The molecule has 1 fully saturated rings. The van der Waals surface area contributed by atoms with Gasteiger partial charge < -0.3 is 19.3 Å². The fourth-order valence-corrected chi connectivity index (χ4v) is 4.67. The Morgan fingerprint density at radius 3 is 2.31 bits per heavy atom. The van der Waals surface area contributed by atoms with Gasteiger partial charge in [-0.3, -0.25) is 4.79 Å². The van der Waals surface area contributed by atoms with E-state index in [0.29, 0.717) is 12.1 Å². The van der Waals surface area contributed by atoms with Crippen molar-refractivity contribution >= 4 is 23.2 Å². The number of rotatable bonds is 7. The van der Waals surface area contributed by atoms with Crippen LogP contribution in [0.4, 0.5) is 32.2 Å². The number of carbonyl (C=O) groups is 1. The highest BCUT2D eigenvalue weighted by Crippen LogP contribution is 2.37. The van der Waals surface area contributed by atoms with Crippen LogP contribution < -0.4 is 4.90 Å². The molecular formula is C25H19ClF6N6O4. The molecule has 222 valence electrons. The van der Waals surface area contributed by atoms with Crippen LogP contribution in [-0.2, 0) is 30.2 Å². The maximum absolute atomic E-state index is 13.9. The van der Waals surface area contributed by atoms with Gasteiger partial charge in [0.15, 0.2) is 17.3 Å². The lowest BCUT2D eigenvalue weighted by molar-refractivity contribution is -0.143. The zero-order valence-electron chi connectivity index (χ0n) is 21.2. The topological polar surface area (TPSA) is 119 Å². The van der Waals surface area contributed by atoms with Gasteiger partial charge in [-0.1, -0.05) is 22.0 Å². The zero-order chi connectivity index (χ0) is 30.2. The summed E-state index contributed by atoms with van der Waals surface area (Å²) in [6.07, 6.45) is -8.70. The first-order valence-corrected chi connectivity index (χ1v) is 12.6. The van der Waals surface area contributed by atoms with E-state index in [1.165, 1.54) is 18.3 Å². The minimum atomic E-state index is -5.05. The zero-order valence-corrected chi connectivity index (χ0v) is 22.0. The number of nitrogens with zero attached hydrogens (tertiary/aromatic N) is 6. The van der Waals surface area contributed by atoms with Gasteiger partial charge in [-0.15, -0.1) is 5.10 Å². The number of pyridine rings is 1. The number of ketones is 1. The fraction of sp³-hybridized carbons (Fsp3) is 0.320. The van der Waals surface area contributed by atoms with Crippen molar-refractivity contribution in [2.24, 2.45) is 0 Å². The van der Waals surface area contributed by atoms with Gasteiger partial charge in [0.1, 0.15) is 17.5 Å². The summed E-state index contributed by atoms with van der Waals surface area (Å²) in [5.41, 5.74) is -3.74. The number of aliphatic hydroxyl groups excluding tert-OH is 1. The van der Waals surface area contributed by atoms with Crippen molar-refractivity contribution in [3.05, 3.63) is 75.4 Å². The second-order valence-corrected chi connectivity index (χ2v) is 9.45. The normalized spacial score (nSPS) is 14.4. The Morgan fingerprint density at radius 2 is 1.71 bits per heavy atom. The number of morpholine rings is 1. The molecule has 42 heavy (non-hydrogen) atoms. The Bertz CT molecular complexity index is 1580. The molecule has 1 aliphatic heterocycles. The number of alkyl halides is 6. The third kappa shape index (κ3) is 5.82. The number of hydrogen-bond donors (Lipinski definition) is 1. The van der Waals surface area contributed by atoms with Gasteiger partial charge in [0.25, 0.3) is 0 Å². The lowest BCUT2D eigenvalue weighted by Gasteiger charge is -2.29. The van der Waals surface area contributed by atoms with Crippen molar-refractivity contribution in [3.63, 3.8) is 0 Å². The standard InChI is InChI=1S/C25H19ClF6N6O4/c26-22-16(2-1-3-33-22)19-18(17(12-39)42-35-19)21(40)20-23(37-4-6-41-7-5-37)38(36-34-20)11-13-8-14(24(27,28)29)10-15(9-13)25(30,31)32/h1-3,8-10,39H,4-7,11-12H2. The van der Waals surface area contributed by atoms with Crippen LogP contribution in [0.3, 0.4) is 0 Å². The highest BCUT2D eigenvalue weighted by atomic mass is 35.5. The Hall–Kier alpha value is -4.02. The van der Waals surface area contributed by atoms with E-state index in [9.17, 15) is 36.2 Å². The summed E-state index contributed by atoms with van der Waals surface area (Å²) in [6, 6.07) is 4.22. The van der Waals surface area contributed by atoms with Crippen molar-refractivity contribution in [3.8, 4) is 11.3 Å². The minimum Gasteiger partial charge on any atom is -0.388 e. The highest BCUT2D eigenvalue weighted by molar-refractivity contribution is 6.32. The molecule has 1 aliphatic rings. The summed E-state index contributed by atoms with van der Waals surface area (Å²) in [5, 5.41) is 21.6. The number of hydrogen-bond acceptors (Lipinski definition) is 9. The molecule has 4 aromatic rings. The summed E-state index contributed by atoms with van der Waals surface area (Å²) >= 11 is 6.19. The monoisotopic (exact) mass is 616 g/mol. The molecular weight excluding hydrogens is 598 g/mol. The van der Waals surface area contributed by atoms with E-state index in [2.05, 4.69) is 20.5 Å². The van der Waals surface area contributed by atoms with Gasteiger partial charge in [0.2, 0.25) is 5.78 Å². The van der Waals surface area contributed by atoms with Gasteiger partial charge >= 0.3 is 12.4 Å². The van der Waals surface area contributed by atoms with Gasteiger partial charge in [-0.2, -0.15) is 26.3 Å². The molecule has 17 heteroatoms. The number of aliphatic hydroxyl groups is 1. The molecule has 4 heterocycles. The molecule has 0 atom stereocenters. The van der Waals surface area contributed by atoms with Gasteiger partial charge in [-0.25, -0.2) is 9.67 Å². The Balaban J connectivity index is 1.63. The molecule has 1 aromatic carbocycles. The Labute approximate surface area is 237 Å². The van der Waals surface area contributed by atoms with Crippen molar-refractivity contribution in [2.45, 2.75) is 25.5 Å². The number of ether oxygens (including phenoxy) is 1. The van der Waals surface area contributed by atoms with E-state index in [1.54, 1.807) is 4.90 Å². The van der Waals surface area contributed by atoms with E-state index in [0.717, 1.165) is 4.68 Å². The molecule has 1 saturated heterocycles. The van der Waals surface area contributed by atoms with Crippen molar-refractivity contribution in [1.82, 2.24) is 25.1 Å². The molecule has 1 N–H and O–H groups in total. The molecule has 0 amide bonds. The molecule has 0 spiro atoms. The lowest BCUT2D eigenvalue weighted by Crippen LogP contribution is -2.38. The molecule has 0 bridgehead atoms. The molecule has 0 radical (unpaired) electrons. The third-order valence-corrected chi connectivity index (χ3v) is 6.66. The van der Waals surface area contributed by atoms with Crippen LogP contribution in [0.2, 0.25) is 5.15 Å². The second-order valence-electron chi connectivity index (χ2n) is 9.09. The minimum absolute atomic E-state index is 0.0163. The van der Waals surface area contributed by atoms with Crippen LogP contribution in [0.15, 0.2) is 41.1 Å². The van der Waals surface area contributed by atoms with Gasteiger partial charge in [0.05, 0.1) is 36.4 Å². The molecule has 3 aromatic heterocycles. The predicted octanol–water partition coefficient (Wildman–Crippen LogP) is 4.63. The number of benzene rings is 1. The molecule has 0 saturated carbocycles. The van der Waals surface area contributed by atoms with E-state index < -0.39 is 42.4 Å². The van der Waals surface area contributed by atoms with Gasteiger partial charge in [0, 0.05) is 24.8 Å². The maximum atomic E-state index is 13.9. The number of aromatic nitrogens is 5. The van der Waals surface area contributed by atoms with E-state index >= 15 is 0 Å². The summed E-state index contributed by atoms with van der Waals surface area (Å²) in [7, 11) is 0. The molecule has 0 aliphatic carbocycles. The second kappa shape index (κ2) is 11.3. The van der Waals surface area contributed by atoms with Crippen molar-refractivity contribution < 1.29 is 45.5 Å². The van der Waals surface area contributed by atoms with Crippen LogP contribution in [0, 0.1) is 0 Å². The van der Waals surface area contributed by atoms with Crippen LogP contribution in [0.1, 0.15) is 38.5 Å². The third-order valence-electron chi connectivity index (χ3n) is 6.36. The van der Waals surface area contributed by atoms with Crippen LogP contribution in [-0.4, -0.2) is 62.3 Å². The largest absolute Gasteiger partial charge is 0.416 e. The Kier molecular flexibility index (Phi) is 7.96. The van der Waals surface area contributed by atoms with E-state index in [4.69, 9.17) is 20.9 Å². The lowest BCUT2D eigenvalue weighted by atomic mass is 10.0. The highest BCUT2D eigenvalue weighted by Gasteiger charge is 2.38. The average molecular weight is 617 g/mol. The predicted molar refractivity (Wildman–Crippen MR) is 133 cm³/mol. The van der Waals surface area contributed by atoms with Crippen LogP contribution in [0.25, 0.3) is 11.3 Å². The summed E-state index contributed by atoms with van der Waals surface area (Å²) in [4.78, 5) is 19.5. The maximum Gasteiger partial charge on any atom is 0.416 e. The van der Waals surface area contributed by atoms with E-state index in [1.807, 2.05) is 0 Å². The first-order valence-electron chi connectivity index (χ1n) is 12.2. The van der Waals surface area contributed by atoms with Crippen LogP contribution in [0.5, 0.6) is 0 Å². The SMILES string of the molecule is O=C(c1nnn(Cc2cc(C(F)(F)F)cc(C(F)(F)F)c2)c1N1CCOCC1)c1c(-c2cccnc2Cl)noc1CO.